The van der Waals surface area contributed by atoms with Crippen molar-refractivity contribution in [3.63, 3.8) is 0 Å². The Morgan fingerprint density at radius 3 is 2.21 bits per heavy atom. The lowest BCUT2D eigenvalue weighted by Gasteiger charge is -2.35. The number of nitrogens with zero attached hydrogens (tertiary/aromatic N) is 1. The zero-order valence-corrected chi connectivity index (χ0v) is 24.0. The zero-order chi connectivity index (χ0) is 28.4. The highest BCUT2D eigenvalue weighted by atomic mass is 32.2. The maximum Gasteiger partial charge on any atom is 0.410 e. The summed E-state index contributed by atoms with van der Waals surface area (Å²) in [5, 5.41) is 4.11. The summed E-state index contributed by atoms with van der Waals surface area (Å²) in [5.41, 5.74) is 1.40. The van der Waals surface area contributed by atoms with Crippen molar-refractivity contribution in [1.82, 2.24) is 9.62 Å². The van der Waals surface area contributed by atoms with Gasteiger partial charge in [0.2, 0.25) is 10.0 Å². The van der Waals surface area contributed by atoms with Crippen LogP contribution in [0.3, 0.4) is 0 Å². The molecular formula is C30H37N3O5S. The van der Waals surface area contributed by atoms with Crippen molar-refractivity contribution < 1.29 is 22.7 Å². The molecule has 0 spiro atoms. The van der Waals surface area contributed by atoms with Crippen LogP contribution in [0.25, 0.3) is 10.8 Å². The van der Waals surface area contributed by atoms with Crippen LogP contribution in [0.4, 0.5) is 10.5 Å². The molecule has 1 unspecified atom stereocenters. The SMILES string of the molecule is Cc1ccccc1C(=O)Nc1ccc(S(=O)(=O)NC(C)C2CCN(C(=O)OC(C)(C)C)CC2)c2ccccc12. The van der Waals surface area contributed by atoms with Crippen molar-refractivity contribution in [1.29, 1.82) is 0 Å². The van der Waals surface area contributed by atoms with E-state index in [0.29, 0.717) is 48.0 Å². The molecule has 2 amide bonds. The molecular weight excluding hydrogens is 514 g/mol. The van der Waals surface area contributed by atoms with Gasteiger partial charge in [0, 0.05) is 41.2 Å². The van der Waals surface area contributed by atoms with Gasteiger partial charge in [-0.2, -0.15) is 0 Å². The van der Waals surface area contributed by atoms with E-state index >= 15 is 0 Å². The van der Waals surface area contributed by atoms with E-state index in [2.05, 4.69) is 10.0 Å². The summed E-state index contributed by atoms with van der Waals surface area (Å²) < 4.78 is 35.4. The minimum atomic E-state index is -3.86. The van der Waals surface area contributed by atoms with Gasteiger partial charge in [0.05, 0.1) is 4.90 Å². The highest BCUT2D eigenvalue weighted by molar-refractivity contribution is 7.89. The Kier molecular flexibility index (Phi) is 8.32. The molecule has 0 aromatic heterocycles. The molecule has 1 fully saturated rings. The van der Waals surface area contributed by atoms with E-state index in [1.165, 1.54) is 6.07 Å². The highest BCUT2D eigenvalue weighted by Gasteiger charge is 2.31. The number of aryl methyl sites for hydroxylation is 1. The molecule has 39 heavy (non-hydrogen) atoms. The number of amides is 2. The third kappa shape index (κ3) is 6.78. The Balaban J connectivity index is 1.49. The topological polar surface area (TPSA) is 105 Å². The monoisotopic (exact) mass is 551 g/mol. The predicted molar refractivity (Wildman–Crippen MR) is 153 cm³/mol. The number of carbonyl (C=O) groups is 2. The van der Waals surface area contributed by atoms with E-state index in [9.17, 15) is 18.0 Å². The summed E-state index contributed by atoms with van der Waals surface area (Å²) in [6.07, 6.45) is 1.01. The number of carbonyl (C=O) groups excluding carboxylic acids is 2. The Bertz CT molecular complexity index is 1470. The van der Waals surface area contributed by atoms with Crippen LogP contribution in [0.1, 0.15) is 56.5 Å². The maximum atomic E-state index is 13.5. The Hall–Kier alpha value is -3.43. The van der Waals surface area contributed by atoms with Crippen molar-refractivity contribution in [3.8, 4) is 0 Å². The minimum Gasteiger partial charge on any atom is -0.444 e. The largest absolute Gasteiger partial charge is 0.444 e. The van der Waals surface area contributed by atoms with Gasteiger partial charge in [-0.15, -0.1) is 0 Å². The van der Waals surface area contributed by atoms with E-state index in [4.69, 9.17) is 4.74 Å². The average molecular weight is 552 g/mol. The van der Waals surface area contributed by atoms with Crippen molar-refractivity contribution >= 4 is 38.5 Å². The van der Waals surface area contributed by atoms with Crippen LogP contribution in [-0.2, 0) is 14.8 Å². The highest BCUT2D eigenvalue weighted by Crippen LogP contribution is 2.31. The summed E-state index contributed by atoms with van der Waals surface area (Å²) in [4.78, 5) is 27.2. The lowest BCUT2D eigenvalue weighted by molar-refractivity contribution is 0.0174. The fourth-order valence-electron chi connectivity index (χ4n) is 4.95. The summed E-state index contributed by atoms with van der Waals surface area (Å²) in [7, 11) is -3.86. The Morgan fingerprint density at radius 2 is 1.56 bits per heavy atom. The average Bonchev–Trinajstić information content (AvgIpc) is 2.87. The second-order valence-corrected chi connectivity index (χ2v) is 12.8. The molecule has 2 N–H and O–H groups in total. The van der Waals surface area contributed by atoms with Gasteiger partial charge >= 0.3 is 6.09 Å². The third-order valence-electron chi connectivity index (χ3n) is 7.05. The van der Waals surface area contributed by atoms with E-state index in [1.807, 2.05) is 58.9 Å². The summed E-state index contributed by atoms with van der Waals surface area (Å²) in [5.74, 6) is -0.171. The molecule has 4 rings (SSSR count). The quantitative estimate of drug-likeness (QED) is 0.408. The maximum absolute atomic E-state index is 13.5. The smallest absolute Gasteiger partial charge is 0.410 e. The van der Waals surface area contributed by atoms with Gasteiger partial charge in [0.25, 0.3) is 5.91 Å². The van der Waals surface area contributed by atoms with Crippen molar-refractivity contribution in [2.24, 2.45) is 5.92 Å². The van der Waals surface area contributed by atoms with Gasteiger partial charge in [0.1, 0.15) is 5.60 Å². The van der Waals surface area contributed by atoms with Crippen LogP contribution >= 0.6 is 0 Å². The van der Waals surface area contributed by atoms with Crippen LogP contribution < -0.4 is 10.0 Å². The Morgan fingerprint density at radius 1 is 0.949 bits per heavy atom. The van der Waals surface area contributed by atoms with E-state index in [1.54, 1.807) is 35.2 Å². The molecule has 1 heterocycles. The van der Waals surface area contributed by atoms with E-state index < -0.39 is 15.6 Å². The fourth-order valence-corrected chi connectivity index (χ4v) is 6.47. The van der Waals surface area contributed by atoms with Gasteiger partial charge in [-0.3, -0.25) is 4.79 Å². The normalized spacial score (nSPS) is 15.7. The summed E-state index contributed by atoms with van der Waals surface area (Å²) >= 11 is 0. The summed E-state index contributed by atoms with van der Waals surface area (Å²) in [6, 6.07) is 17.3. The second kappa shape index (κ2) is 11.4. The molecule has 3 aromatic rings. The van der Waals surface area contributed by atoms with Gasteiger partial charge in [-0.05, 0) is 77.1 Å². The molecule has 1 atom stereocenters. The standard InChI is InChI=1S/C30H37N3O5S/c1-20-10-6-7-11-23(20)28(34)31-26-14-15-27(25-13-9-8-12-24(25)26)39(36,37)32-21(2)22-16-18-33(19-17-22)29(35)38-30(3,4)5/h6-15,21-22,32H,16-19H2,1-5H3,(H,31,34). The molecule has 0 bridgehead atoms. The first-order chi connectivity index (χ1) is 18.4. The van der Waals surface area contributed by atoms with Crippen LogP contribution in [0.5, 0.6) is 0 Å². The number of hydrogen-bond acceptors (Lipinski definition) is 5. The number of hydrogen-bond donors (Lipinski definition) is 2. The Labute approximate surface area is 230 Å². The molecule has 208 valence electrons. The number of likely N-dealkylation sites (tertiary alicyclic amines) is 1. The van der Waals surface area contributed by atoms with Crippen molar-refractivity contribution in [2.75, 3.05) is 18.4 Å². The van der Waals surface area contributed by atoms with Crippen LogP contribution in [-0.4, -0.2) is 50.1 Å². The van der Waals surface area contributed by atoms with Gasteiger partial charge in [-0.25, -0.2) is 17.9 Å². The summed E-state index contributed by atoms with van der Waals surface area (Å²) in [6.45, 7) is 10.3. The molecule has 8 nitrogen and oxygen atoms in total. The molecule has 3 aromatic carbocycles. The number of benzene rings is 3. The predicted octanol–water partition coefficient (Wildman–Crippen LogP) is 5.71. The molecule has 1 aliphatic heterocycles. The van der Waals surface area contributed by atoms with Gasteiger partial charge in [-0.1, -0.05) is 42.5 Å². The number of ether oxygens (including phenoxy) is 1. The van der Waals surface area contributed by atoms with E-state index in [-0.39, 0.29) is 28.9 Å². The van der Waals surface area contributed by atoms with Crippen molar-refractivity contribution in [2.45, 2.75) is 64.0 Å². The van der Waals surface area contributed by atoms with Gasteiger partial charge in [0.15, 0.2) is 0 Å². The molecule has 0 aliphatic carbocycles. The number of piperidine rings is 1. The number of nitrogens with one attached hydrogen (secondary N) is 2. The number of rotatable bonds is 6. The van der Waals surface area contributed by atoms with E-state index in [0.717, 1.165) is 5.56 Å². The number of sulfonamides is 1. The zero-order valence-electron chi connectivity index (χ0n) is 23.2. The fraction of sp³-hybridized carbons (Fsp3) is 0.400. The molecule has 0 saturated carbocycles. The first kappa shape index (κ1) is 28.6. The lowest BCUT2D eigenvalue weighted by Crippen LogP contribution is -2.46. The van der Waals surface area contributed by atoms with Crippen LogP contribution in [0.15, 0.2) is 65.6 Å². The number of fused-ring (bicyclic) bond motifs is 1. The molecule has 1 aliphatic rings. The van der Waals surface area contributed by atoms with Gasteiger partial charge < -0.3 is 15.0 Å². The second-order valence-electron chi connectivity index (χ2n) is 11.1. The minimum absolute atomic E-state index is 0.0809. The number of anilines is 1. The van der Waals surface area contributed by atoms with Crippen molar-refractivity contribution in [3.05, 3.63) is 71.8 Å². The third-order valence-corrected chi connectivity index (χ3v) is 8.67. The lowest BCUT2D eigenvalue weighted by atomic mass is 9.91. The van der Waals surface area contributed by atoms with Crippen LogP contribution in [0.2, 0.25) is 0 Å². The molecule has 9 heteroatoms. The molecule has 1 saturated heterocycles. The molecule has 0 radical (unpaired) electrons. The van der Waals surface area contributed by atoms with Crippen LogP contribution in [0, 0.1) is 12.8 Å². The first-order valence-corrected chi connectivity index (χ1v) is 14.7. The first-order valence-electron chi connectivity index (χ1n) is 13.2.